The van der Waals surface area contributed by atoms with Crippen LogP contribution in [0.1, 0.15) is 39.5 Å². The van der Waals surface area contributed by atoms with Gasteiger partial charge in [0.25, 0.3) is 0 Å². The SMILES string of the molecule is CCCNC1(C(F)(F)F)CCCN(CC)CC1. The third-order valence-electron chi connectivity index (χ3n) is 3.64. The topological polar surface area (TPSA) is 15.3 Å². The largest absolute Gasteiger partial charge is 0.406 e. The van der Waals surface area contributed by atoms with Crippen molar-refractivity contribution in [3.63, 3.8) is 0 Å². The molecule has 0 spiro atoms. The molecular formula is C12H23F3N2. The summed E-state index contributed by atoms with van der Waals surface area (Å²) in [5.41, 5.74) is -1.66. The summed E-state index contributed by atoms with van der Waals surface area (Å²) >= 11 is 0. The van der Waals surface area contributed by atoms with Gasteiger partial charge in [-0.15, -0.1) is 0 Å². The highest BCUT2D eigenvalue weighted by Crippen LogP contribution is 2.38. The maximum Gasteiger partial charge on any atom is 0.406 e. The van der Waals surface area contributed by atoms with Crippen molar-refractivity contribution in [1.29, 1.82) is 0 Å². The van der Waals surface area contributed by atoms with E-state index in [2.05, 4.69) is 10.2 Å². The Labute approximate surface area is 102 Å². The molecule has 5 heteroatoms. The molecule has 1 heterocycles. The van der Waals surface area contributed by atoms with Crippen LogP contribution in [0.15, 0.2) is 0 Å². The van der Waals surface area contributed by atoms with E-state index >= 15 is 0 Å². The predicted octanol–water partition coefficient (Wildman–Crippen LogP) is 2.79. The highest BCUT2D eigenvalue weighted by Gasteiger charge is 2.54. The molecule has 102 valence electrons. The number of nitrogens with one attached hydrogen (secondary N) is 1. The van der Waals surface area contributed by atoms with Crippen molar-refractivity contribution < 1.29 is 13.2 Å². The first-order valence-corrected chi connectivity index (χ1v) is 6.49. The first-order valence-electron chi connectivity index (χ1n) is 6.49. The second kappa shape index (κ2) is 6.05. The predicted molar refractivity (Wildman–Crippen MR) is 63.0 cm³/mol. The lowest BCUT2D eigenvalue weighted by Gasteiger charge is -2.36. The number of rotatable bonds is 4. The average Bonchev–Trinajstić information content (AvgIpc) is 2.48. The molecule has 17 heavy (non-hydrogen) atoms. The second-order valence-corrected chi connectivity index (χ2v) is 4.79. The van der Waals surface area contributed by atoms with Crippen LogP contribution in [0, 0.1) is 0 Å². The van der Waals surface area contributed by atoms with E-state index in [-0.39, 0.29) is 12.8 Å². The summed E-state index contributed by atoms with van der Waals surface area (Å²) in [6, 6.07) is 0. The zero-order valence-electron chi connectivity index (χ0n) is 10.7. The van der Waals surface area contributed by atoms with Gasteiger partial charge in [0.2, 0.25) is 0 Å². The lowest BCUT2D eigenvalue weighted by atomic mass is 9.89. The fourth-order valence-corrected chi connectivity index (χ4v) is 2.43. The summed E-state index contributed by atoms with van der Waals surface area (Å²) < 4.78 is 39.8. The van der Waals surface area contributed by atoms with Gasteiger partial charge in [-0.3, -0.25) is 0 Å². The van der Waals surface area contributed by atoms with Crippen LogP contribution < -0.4 is 5.32 Å². The fraction of sp³-hybridized carbons (Fsp3) is 1.00. The Morgan fingerprint density at radius 2 is 1.88 bits per heavy atom. The number of likely N-dealkylation sites (tertiary alicyclic amines) is 1. The van der Waals surface area contributed by atoms with Crippen molar-refractivity contribution in [2.75, 3.05) is 26.2 Å². The Hall–Kier alpha value is -0.290. The summed E-state index contributed by atoms with van der Waals surface area (Å²) in [7, 11) is 0. The van der Waals surface area contributed by atoms with Gasteiger partial charge < -0.3 is 10.2 Å². The van der Waals surface area contributed by atoms with Crippen LogP contribution in [0.2, 0.25) is 0 Å². The Morgan fingerprint density at radius 3 is 2.41 bits per heavy atom. The Bertz CT molecular complexity index is 230. The highest BCUT2D eigenvalue weighted by atomic mass is 19.4. The summed E-state index contributed by atoms with van der Waals surface area (Å²) in [6.45, 7) is 6.48. The molecule has 1 rings (SSSR count). The van der Waals surface area contributed by atoms with Gasteiger partial charge in [-0.25, -0.2) is 0 Å². The number of nitrogens with zero attached hydrogens (tertiary/aromatic N) is 1. The van der Waals surface area contributed by atoms with Gasteiger partial charge in [-0.2, -0.15) is 13.2 Å². The maximum absolute atomic E-state index is 13.3. The lowest BCUT2D eigenvalue weighted by Crippen LogP contribution is -2.57. The first kappa shape index (κ1) is 14.8. The molecule has 1 fully saturated rings. The quantitative estimate of drug-likeness (QED) is 0.827. The zero-order chi connectivity index (χ0) is 12.9. The van der Waals surface area contributed by atoms with E-state index in [9.17, 15) is 13.2 Å². The van der Waals surface area contributed by atoms with Gasteiger partial charge in [-0.1, -0.05) is 13.8 Å². The minimum atomic E-state index is -4.15. The normalized spacial score (nSPS) is 28.1. The number of halogens is 3. The van der Waals surface area contributed by atoms with Crippen molar-refractivity contribution in [2.45, 2.75) is 51.2 Å². The third kappa shape index (κ3) is 3.58. The smallest absolute Gasteiger partial charge is 0.304 e. The molecule has 1 atom stereocenters. The standard InChI is InChI=1S/C12H23F3N2/c1-3-8-16-11(12(13,14)15)6-5-9-17(4-2)10-7-11/h16H,3-10H2,1-2H3. The number of hydrogen-bond acceptors (Lipinski definition) is 2. The molecule has 2 nitrogen and oxygen atoms in total. The zero-order valence-corrected chi connectivity index (χ0v) is 10.7. The van der Waals surface area contributed by atoms with Crippen molar-refractivity contribution in [3.8, 4) is 0 Å². The molecule has 0 radical (unpaired) electrons. The molecule has 1 aliphatic heterocycles. The van der Waals surface area contributed by atoms with Crippen molar-refractivity contribution >= 4 is 0 Å². The molecule has 0 aromatic rings. The summed E-state index contributed by atoms with van der Waals surface area (Å²) in [4.78, 5) is 2.10. The molecule has 1 saturated heterocycles. The molecule has 1 aliphatic rings. The van der Waals surface area contributed by atoms with Gasteiger partial charge in [0.05, 0.1) is 0 Å². The summed E-state index contributed by atoms with van der Waals surface area (Å²) in [5.74, 6) is 0. The first-order chi connectivity index (χ1) is 7.95. The van der Waals surface area contributed by atoms with E-state index < -0.39 is 11.7 Å². The molecular weight excluding hydrogens is 229 g/mol. The van der Waals surface area contributed by atoms with Crippen molar-refractivity contribution in [1.82, 2.24) is 10.2 Å². The van der Waals surface area contributed by atoms with E-state index in [0.29, 0.717) is 19.5 Å². The van der Waals surface area contributed by atoms with Gasteiger partial charge in [0, 0.05) is 6.54 Å². The molecule has 0 bridgehead atoms. The molecule has 0 aliphatic carbocycles. The maximum atomic E-state index is 13.3. The minimum Gasteiger partial charge on any atom is -0.304 e. The average molecular weight is 252 g/mol. The van der Waals surface area contributed by atoms with E-state index in [0.717, 1.165) is 19.5 Å². The van der Waals surface area contributed by atoms with Gasteiger partial charge in [0.15, 0.2) is 0 Å². The summed E-state index contributed by atoms with van der Waals surface area (Å²) in [5, 5.41) is 2.76. The molecule has 0 aromatic carbocycles. The van der Waals surface area contributed by atoms with E-state index in [1.54, 1.807) is 0 Å². The van der Waals surface area contributed by atoms with Crippen LogP contribution in [-0.2, 0) is 0 Å². The second-order valence-electron chi connectivity index (χ2n) is 4.79. The van der Waals surface area contributed by atoms with E-state index in [1.165, 1.54) is 0 Å². The van der Waals surface area contributed by atoms with Crippen LogP contribution in [0.4, 0.5) is 13.2 Å². The van der Waals surface area contributed by atoms with Crippen molar-refractivity contribution in [2.24, 2.45) is 0 Å². The van der Waals surface area contributed by atoms with Gasteiger partial charge in [-0.05, 0) is 45.3 Å². The molecule has 1 N–H and O–H groups in total. The van der Waals surface area contributed by atoms with Gasteiger partial charge >= 0.3 is 6.18 Å². The van der Waals surface area contributed by atoms with Crippen LogP contribution in [-0.4, -0.2) is 42.8 Å². The Kier molecular flexibility index (Phi) is 5.25. The van der Waals surface area contributed by atoms with E-state index in [4.69, 9.17) is 0 Å². The lowest BCUT2D eigenvalue weighted by molar-refractivity contribution is -0.200. The molecule has 0 aromatic heterocycles. The fourth-order valence-electron chi connectivity index (χ4n) is 2.43. The van der Waals surface area contributed by atoms with Gasteiger partial charge in [0.1, 0.15) is 5.54 Å². The molecule has 1 unspecified atom stereocenters. The number of alkyl halides is 3. The molecule has 0 amide bonds. The molecule has 0 saturated carbocycles. The minimum absolute atomic E-state index is 0.171. The van der Waals surface area contributed by atoms with E-state index in [1.807, 2.05) is 13.8 Å². The van der Waals surface area contributed by atoms with Crippen LogP contribution in [0.25, 0.3) is 0 Å². The van der Waals surface area contributed by atoms with Crippen LogP contribution in [0.5, 0.6) is 0 Å². The summed E-state index contributed by atoms with van der Waals surface area (Å²) in [6.07, 6.45) is -2.43. The Morgan fingerprint density at radius 1 is 1.18 bits per heavy atom. The monoisotopic (exact) mass is 252 g/mol. The Balaban J connectivity index is 2.76. The highest BCUT2D eigenvalue weighted by molar-refractivity contribution is 4.97. The van der Waals surface area contributed by atoms with Crippen molar-refractivity contribution in [3.05, 3.63) is 0 Å². The number of hydrogen-bond donors (Lipinski definition) is 1. The van der Waals surface area contributed by atoms with Crippen LogP contribution in [0.3, 0.4) is 0 Å². The van der Waals surface area contributed by atoms with Crippen LogP contribution >= 0.6 is 0 Å². The third-order valence-corrected chi connectivity index (χ3v) is 3.64.